The van der Waals surface area contributed by atoms with Gasteiger partial charge in [-0.15, -0.1) is 0 Å². The highest BCUT2D eigenvalue weighted by Crippen LogP contribution is 2.12. The first-order valence-electron chi connectivity index (χ1n) is 5.57. The number of rotatable bonds is 7. The topological polar surface area (TPSA) is 51.2 Å². The molecule has 0 aliphatic heterocycles. The van der Waals surface area contributed by atoms with E-state index in [9.17, 15) is 13.2 Å². The van der Waals surface area contributed by atoms with Gasteiger partial charge in [-0.25, -0.2) is 8.42 Å². The molecule has 3 nitrogen and oxygen atoms in total. The lowest BCUT2D eigenvalue weighted by atomic mass is 10.2. The lowest BCUT2D eigenvalue weighted by molar-refractivity contribution is -0.107. The Labute approximate surface area is 102 Å². The summed E-state index contributed by atoms with van der Waals surface area (Å²) in [5.74, 6) is 0. The molecule has 0 aliphatic rings. The molecule has 0 heterocycles. The Bertz CT molecular complexity index is 461. The molecule has 0 spiro atoms. The molecule has 4 heteroatoms. The Morgan fingerprint density at radius 1 is 1.00 bits per heavy atom. The van der Waals surface area contributed by atoms with Crippen LogP contribution >= 0.6 is 0 Å². The minimum Gasteiger partial charge on any atom is -0.303 e. The Kier molecular flexibility index (Phi) is 5.63. The number of carbonyl (C=O) groups excluding carboxylic acids is 1. The van der Waals surface area contributed by atoms with Gasteiger partial charge < -0.3 is 4.79 Å². The van der Waals surface area contributed by atoms with Gasteiger partial charge >= 0.3 is 0 Å². The molecule has 0 saturated heterocycles. The molecule has 0 bridgehead atoms. The Hall–Kier alpha value is -1.42. The quantitative estimate of drug-likeness (QED) is 0.554. The summed E-state index contributed by atoms with van der Waals surface area (Å²) in [6.07, 6.45) is 5.38. The van der Waals surface area contributed by atoms with Crippen molar-refractivity contribution >= 4 is 16.1 Å². The van der Waals surface area contributed by atoms with E-state index < -0.39 is 9.84 Å². The fraction of sp³-hybridized carbons (Fsp3) is 0.308. The van der Waals surface area contributed by atoms with E-state index in [2.05, 4.69) is 0 Å². The molecule has 1 aromatic rings. The van der Waals surface area contributed by atoms with Crippen LogP contribution < -0.4 is 0 Å². The van der Waals surface area contributed by atoms with E-state index in [1.807, 2.05) is 0 Å². The summed E-state index contributed by atoms with van der Waals surface area (Å²) < 4.78 is 23.6. The fourth-order valence-corrected chi connectivity index (χ4v) is 2.46. The number of unbranched alkanes of at least 4 members (excludes halogenated alkanes) is 3. The molecule has 0 N–H and O–H groups in total. The van der Waals surface area contributed by atoms with Gasteiger partial charge in [0, 0.05) is 11.8 Å². The van der Waals surface area contributed by atoms with Gasteiger partial charge in [-0.3, -0.25) is 0 Å². The summed E-state index contributed by atoms with van der Waals surface area (Å²) >= 11 is 0. The maximum absolute atomic E-state index is 11.8. The Morgan fingerprint density at radius 3 is 2.29 bits per heavy atom. The highest BCUT2D eigenvalue weighted by molar-refractivity contribution is 7.94. The normalized spacial score (nSPS) is 11.8. The van der Waals surface area contributed by atoms with Crippen molar-refractivity contribution in [3.8, 4) is 0 Å². The molecular formula is C13H16O3S. The molecule has 0 fully saturated rings. The fourth-order valence-electron chi connectivity index (χ4n) is 1.37. The number of hydrogen-bond acceptors (Lipinski definition) is 3. The second-order valence-electron chi connectivity index (χ2n) is 3.68. The molecule has 0 aliphatic carbocycles. The standard InChI is InChI=1S/C13H16O3S/c14-11-7-2-1-3-8-12-17(15,16)13-9-5-4-6-10-13/h4-6,8-12H,1-3,7H2/b12-8+. The molecule has 0 aromatic heterocycles. The number of sulfone groups is 1. The Balaban J connectivity index is 2.50. The van der Waals surface area contributed by atoms with Gasteiger partial charge in [-0.2, -0.15) is 0 Å². The first-order chi connectivity index (χ1) is 8.17. The second-order valence-corrected chi connectivity index (χ2v) is 5.51. The van der Waals surface area contributed by atoms with Crippen molar-refractivity contribution < 1.29 is 13.2 Å². The van der Waals surface area contributed by atoms with Crippen LogP contribution in [0.4, 0.5) is 0 Å². The van der Waals surface area contributed by atoms with Crippen molar-refractivity contribution in [3.63, 3.8) is 0 Å². The molecule has 17 heavy (non-hydrogen) atoms. The van der Waals surface area contributed by atoms with Crippen molar-refractivity contribution in [1.29, 1.82) is 0 Å². The molecule has 1 rings (SSSR count). The van der Waals surface area contributed by atoms with Gasteiger partial charge in [0.1, 0.15) is 6.29 Å². The van der Waals surface area contributed by atoms with Crippen molar-refractivity contribution in [1.82, 2.24) is 0 Å². The molecule has 92 valence electrons. The van der Waals surface area contributed by atoms with Crippen molar-refractivity contribution in [3.05, 3.63) is 41.8 Å². The third-order valence-corrected chi connectivity index (χ3v) is 3.77. The average Bonchev–Trinajstić information content (AvgIpc) is 2.35. The van der Waals surface area contributed by atoms with Crippen molar-refractivity contribution in [2.45, 2.75) is 30.6 Å². The van der Waals surface area contributed by atoms with Gasteiger partial charge in [0.25, 0.3) is 0 Å². The molecule has 0 unspecified atom stereocenters. The van der Waals surface area contributed by atoms with E-state index >= 15 is 0 Å². The van der Waals surface area contributed by atoms with E-state index in [1.54, 1.807) is 36.4 Å². The van der Waals surface area contributed by atoms with Crippen LogP contribution in [0.3, 0.4) is 0 Å². The molecule has 0 amide bonds. The second kappa shape index (κ2) is 7.01. The monoisotopic (exact) mass is 252 g/mol. The largest absolute Gasteiger partial charge is 0.303 e. The van der Waals surface area contributed by atoms with Crippen LogP contribution in [0.15, 0.2) is 46.7 Å². The van der Waals surface area contributed by atoms with Crippen LogP contribution in [0, 0.1) is 0 Å². The average molecular weight is 252 g/mol. The summed E-state index contributed by atoms with van der Waals surface area (Å²) in [6, 6.07) is 8.33. The highest BCUT2D eigenvalue weighted by Gasteiger charge is 2.07. The zero-order valence-corrected chi connectivity index (χ0v) is 10.4. The zero-order chi connectivity index (χ0) is 12.6. The first kappa shape index (κ1) is 13.6. The van der Waals surface area contributed by atoms with Crippen LogP contribution in [0.5, 0.6) is 0 Å². The molecule has 0 atom stereocenters. The van der Waals surface area contributed by atoms with Crippen LogP contribution in [-0.4, -0.2) is 14.7 Å². The summed E-state index contributed by atoms with van der Waals surface area (Å²) in [7, 11) is -3.30. The molecule has 0 saturated carbocycles. The Morgan fingerprint density at radius 2 is 1.65 bits per heavy atom. The van der Waals surface area contributed by atoms with E-state index in [-0.39, 0.29) is 0 Å². The maximum atomic E-state index is 11.8. The van der Waals surface area contributed by atoms with Gasteiger partial charge in [-0.1, -0.05) is 24.3 Å². The zero-order valence-electron chi connectivity index (χ0n) is 9.58. The van der Waals surface area contributed by atoms with Gasteiger partial charge in [0.05, 0.1) is 4.90 Å². The van der Waals surface area contributed by atoms with E-state index in [1.165, 1.54) is 5.41 Å². The van der Waals surface area contributed by atoms with Crippen LogP contribution in [0.25, 0.3) is 0 Å². The summed E-state index contributed by atoms with van der Waals surface area (Å²) in [4.78, 5) is 10.4. The number of benzene rings is 1. The van der Waals surface area contributed by atoms with Gasteiger partial charge in [0.15, 0.2) is 9.84 Å². The molecular weight excluding hydrogens is 236 g/mol. The van der Waals surface area contributed by atoms with E-state index in [4.69, 9.17) is 0 Å². The smallest absolute Gasteiger partial charge is 0.199 e. The molecule has 0 radical (unpaired) electrons. The third kappa shape index (κ3) is 4.95. The van der Waals surface area contributed by atoms with E-state index in [0.717, 1.165) is 19.1 Å². The van der Waals surface area contributed by atoms with Crippen LogP contribution in [-0.2, 0) is 14.6 Å². The van der Waals surface area contributed by atoms with E-state index in [0.29, 0.717) is 17.7 Å². The number of hydrogen-bond donors (Lipinski definition) is 0. The van der Waals surface area contributed by atoms with Crippen LogP contribution in [0.1, 0.15) is 25.7 Å². The number of carbonyl (C=O) groups is 1. The van der Waals surface area contributed by atoms with Crippen molar-refractivity contribution in [2.75, 3.05) is 0 Å². The minimum atomic E-state index is -3.30. The number of aldehydes is 1. The lowest BCUT2D eigenvalue weighted by Crippen LogP contribution is -1.95. The third-order valence-electron chi connectivity index (χ3n) is 2.29. The lowest BCUT2D eigenvalue weighted by Gasteiger charge is -1.97. The van der Waals surface area contributed by atoms with Gasteiger partial charge in [0.2, 0.25) is 0 Å². The SMILES string of the molecule is O=CCCCC/C=C/S(=O)(=O)c1ccccc1. The molecule has 1 aromatic carbocycles. The highest BCUT2D eigenvalue weighted by atomic mass is 32.2. The predicted molar refractivity (Wildman–Crippen MR) is 67.3 cm³/mol. The number of allylic oxidation sites excluding steroid dienone is 1. The summed E-state index contributed by atoms with van der Waals surface area (Å²) in [5, 5.41) is 1.24. The van der Waals surface area contributed by atoms with Crippen molar-refractivity contribution in [2.24, 2.45) is 0 Å². The van der Waals surface area contributed by atoms with Crippen LogP contribution in [0.2, 0.25) is 0 Å². The predicted octanol–water partition coefficient (Wildman–Crippen LogP) is 2.73. The minimum absolute atomic E-state index is 0.309. The first-order valence-corrected chi connectivity index (χ1v) is 7.12. The van der Waals surface area contributed by atoms with Gasteiger partial charge in [-0.05, 0) is 31.4 Å². The maximum Gasteiger partial charge on any atom is 0.199 e. The summed E-state index contributed by atoms with van der Waals surface area (Å²) in [5.41, 5.74) is 0. The summed E-state index contributed by atoms with van der Waals surface area (Å²) in [6.45, 7) is 0.